The first-order valence-corrected chi connectivity index (χ1v) is 11.2. The molecular formula is C26H35NO4. The van der Waals surface area contributed by atoms with Crippen LogP contribution in [-0.4, -0.2) is 24.3 Å². The standard InChI is InChI=1S/C26H35NO4/c1-2-3-4-5-6-8-15-24(23-13-9-7-10-14-23)20-31-27-18-17-22-12-11-16-25(19-22)30-21-26(28)29/h7,9-14,16-19,24,27H,2-6,8,15,20-21H2,1H3,(H,28,29). The van der Waals surface area contributed by atoms with E-state index in [0.29, 0.717) is 18.3 Å². The lowest BCUT2D eigenvalue weighted by molar-refractivity contribution is -0.139. The molecule has 2 aromatic carbocycles. The summed E-state index contributed by atoms with van der Waals surface area (Å²) < 4.78 is 5.20. The van der Waals surface area contributed by atoms with Crippen LogP contribution in [0.5, 0.6) is 5.75 Å². The summed E-state index contributed by atoms with van der Waals surface area (Å²) in [6.07, 6.45) is 12.5. The van der Waals surface area contributed by atoms with Crippen molar-refractivity contribution in [2.75, 3.05) is 13.2 Å². The quantitative estimate of drug-likeness (QED) is 0.248. The van der Waals surface area contributed by atoms with E-state index in [1.807, 2.05) is 24.3 Å². The van der Waals surface area contributed by atoms with Gasteiger partial charge in [-0.25, -0.2) is 4.79 Å². The first kappa shape index (κ1) is 24.5. The summed E-state index contributed by atoms with van der Waals surface area (Å²) in [7, 11) is 0. The van der Waals surface area contributed by atoms with E-state index in [1.54, 1.807) is 18.3 Å². The Labute approximate surface area is 186 Å². The van der Waals surface area contributed by atoms with Gasteiger partial charge in [-0.15, -0.1) is 0 Å². The van der Waals surface area contributed by atoms with Gasteiger partial charge in [0.1, 0.15) is 5.75 Å². The average Bonchev–Trinajstić information content (AvgIpc) is 2.79. The van der Waals surface area contributed by atoms with Crippen LogP contribution in [-0.2, 0) is 9.63 Å². The van der Waals surface area contributed by atoms with Gasteiger partial charge in [0.15, 0.2) is 6.61 Å². The maximum absolute atomic E-state index is 10.6. The molecule has 0 saturated heterocycles. The summed E-state index contributed by atoms with van der Waals surface area (Å²) in [4.78, 5) is 16.3. The van der Waals surface area contributed by atoms with Crippen LogP contribution in [0.2, 0.25) is 0 Å². The van der Waals surface area contributed by atoms with Crippen LogP contribution in [0.15, 0.2) is 60.8 Å². The van der Waals surface area contributed by atoms with Crippen molar-refractivity contribution in [2.45, 2.75) is 57.8 Å². The average molecular weight is 426 g/mol. The van der Waals surface area contributed by atoms with Crippen molar-refractivity contribution in [3.05, 3.63) is 71.9 Å². The predicted molar refractivity (Wildman–Crippen MR) is 125 cm³/mol. The number of unbranched alkanes of at least 4 members (excludes halogenated alkanes) is 5. The van der Waals surface area contributed by atoms with E-state index in [2.05, 4.69) is 36.7 Å². The Bertz CT molecular complexity index is 776. The molecule has 0 radical (unpaired) electrons. The van der Waals surface area contributed by atoms with Gasteiger partial charge in [0, 0.05) is 12.1 Å². The second-order valence-corrected chi connectivity index (χ2v) is 7.68. The minimum absolute atomic E-state index is 0.353. The van der Waals surface area contributed by atoms with Crippen LogP contribution in [0.4, 0.5) is 0 Å². The van der Waals surface area contributed by atoms with Gasteiger partial charge in [0.05, 0.1) is 6.61 Å². The van der Waals surface area contributed by atoms with Gasteiger partial charge < -0.3 is 9.84 Å². The zero-order valence-corrected chi connectivity index (χ0v) is 18.5. The molecule has 0 amide bonds. The SMILES string of the molecule is CCCCCCCCC(CONC=Cc1cccc(OCC(=O)O)c1)c1ccccc1. The number of hydrogen-bond donors (Lipinski definition) is 2. The molecule has 0 saturated carbocycles. The summed E-state index contributed by atoms with van der Waals surface area (Å²) in [5.74, 6) is -0.112. The van der Waals surface area contributed by atoms with E-state index in [9.17, 15) is 4.79 Å². The Morgan fingerprint density at radius 3 is 2.58 bits per heavy atom. The highest BCUT2D eigenvalue weighted by Gasteiger charge is 2.11. The number of nitrogens with one attached hydrogen (secondary N) is 1. The molecule has 0 bridgehead atoms. The first-order valence-electron chi connectivity index (χ1n) is 11.2. The Hall–Kier alpha value is -2.79. The van der Waals surface area contributed by atoms with Gasteiger partial charge in [0.25, 0.3) is 0 Å². The molecule has 1 atom stereocenters. The molecule has 0 aromatic heterocycles. The second kappa shape index (κ2) is 15.1. The normalized spacial score (nSPS) is 12.0. The molecule has 0 aliphatic carbocycles. The Morgan fingerprint density at radius 1 is 1.03 bits per heavy atom. The van der Waals surface area contributed by atoms with Crippen molar-refractivity contribution < 1.29 is 19.5 Å². The summed E-state index contributed by atoms with van der Waals surface area (Å²) in [5.41, 5.74) is 5.11. The number of hydrogen-bond acceptors (Lipinski definition) is 4. The number of rotatable bonds is 16. The molecule has 2 rings (SSSR count). The number of aliphatic carboxylic acids is 1. The molecule has 1 unspecified atom stereocenters. The maximum Gasteiger partial charge on any atom is 0.341 e. The lowest BCUT2D eigenvalue weighted by atomic mass is 9.93. The summed E-state index contributed by atoms with van der Waals surface area (Å²) in [6, 6.07) is 17.8. The molecule has 168 valence electrons. The number of ether oxygens (including phenoxy) is 1. The van der Waals surface area contributed by atoms with Crippen molar-refractivity contribution in [1.82, 2.24) is 5.48 Å². The smallest absolute Gasteiger partial charge is 0.341 e. The van der Waals surface area contributed by atoms with Crippen LogP contribution in [0.1, 0.15) is 68.9 Å². The van der Waals surface area contributed by atoms with E-state index in [-0.39, 0.29) is 6.61 Å². The van der Waals surface area contributed by atoms with Crippen molar-refractivity contribution in [1.29, 1.82) is 0 Å². The van der Waals surface area contributed by atoms with Gasteiger partial charge in [-0.1, -0.05) is 87.9 Å². The lowest BCUT2D eigenvalue weighted by Crippen LogP contribution is -2.14. The molecule has 0 heterocycles. The maximum atomic E-state index is 10.6. The number of carbonyl (C=O) groups is 1. The molecule has 0 aliphatic heterocycles. The Balaban J connectivity index is 1.78. The van der Waals surface area contributed by atoms with Gasteiger partial charge in [-0.2, -0.15) is 0 Å². The number of carboxylic acids is 1. The van der Waals surface area contributed by atoms with E-state index in [1.165, 1.54) is 44.1 Å². The van der Waals surface area contributed by atoms with Crippen LogP contribution < -0.4 is 10.2 Å². The van der Waals surface area contributed by atoms with Crippen LogP contribution in [0.3, 0.4) is 0 Å². The molecular weight excluding hydrogens is 390 g/mol. The third-order valence-electron chi connectivity index (χ3n) is 5.11. The molecule has 0 spiro atoms. The van der Waals surface area contributed by atoms with E-state index >= 15 is 0 Å². The third kappa shape index (κ3) is 10.7. The minimum atomic E-state index is -0.995. The number of benzene rings is 2. The van der Waals surface area contributed by atoms with Crippen molar-refractivity contribution >= 4 is 12.0 Å². The van der Waals surface area contributed by atoms with E-state index < -0.39 is 5.97 Å². The van der Waals surface area contributed by atoms with Crippen LogP contribution in [0.25, 0.3) is 6.08 Å². The highest BCUT2D eigenvalue weighted by molar-refractivity contribution is 5.68. The fourth-order valence-electron chi connectivity index (χ4n) is 3.42. The summed E-state index contributed by atoms with van der Waals surface area (Å²) in [6.45, 7) is 2.49. The zero-order valence-electron chi connectivity index (χ0n) is 18.5. The first-order chi connectivity index (χ1) is 15.2. The zero-order chi connectivity index (χ0) is 22.2. The molecule has 5 nitrogen and oxygen atoms in total. The van der Waals surface area contributed by atoms with E-state index in [4.69, 9.17) is 14.7 Å². The van der Waals surface area contributed by atoms with Crippen LogP contribution in [0, 0.1) is 0 Å². The van der Waals surface area contributed by atoms with Gasteiger partial charge in [-0.3, -0.25) is 10.3 Å². The molecule has 0 fully saturated rings. The molecule has 31 heavy (non-hydrogen) atoms. The number of carboxylic acid groups (broad SMARTS) is 1. The topological polar surface area (TPSA) is 67.8 Å². The summed E-state index contributed by atoms with van der Waals surface area (Å²) >= 11 is 0. The van der Waals surface area contributed by atoms with Crippen LogP contribution >= 0.6 is 0 Å². The predicted octanol–water partition coefficient (Wildman–Crippen LogP) is 6.18. The molecule has 0 aliphatic rings. The lowest BCUT2D eigenvalue weighted by Gasteiger charge is -2.17. The van der Waals surface area contributed by atoms with Crippen molar-refractivity contribution in [3.8, 4) is 5.75 Å². The largest absolute Gasteiger partial charge is 0.482 e. The number of hydroxylamine groups is 1. The third-order valence-corrected chi connectivity index (χ3v) is 5.11. The highest BCUT2D eigenvalue weighted by atomic mass is 16.6. The minimum Gasteiger partial charge on any atom is -0.482 e. The Morgan fingerprint density at radius 2 is 1.81 bits per heavy atom. The summed E-state index contributed by atoms with van der Waals surface area (Å²) in [5, 5.41) is 8.71. The fourth-order valence-corrected chi connectivity index (χ4v) is 3.42. The Kier molecular flexibility index (Phi) is 11.9. The van der Waals surface area contributed by atoms with Gasteiger partial charge in [0.2, 0.25) is 0 Å². The fraction of sp³-hybridized carbons (Fsp3) is 0.423. The molecule has 2 aromatic rings. The van der Waals surface area contributed by atoms with Crippen molar-refractivity contribution in [3.63, 3.8) is 0 Å². The van der Waals surface area contributed by atoms with Gasteiger partial charge >= 0.3 is 5.97 Å². The van der Waals surface area contributed by atoms with E-state index in [0.717, 1.165) is 12.0 Å². The second-order valence-electron chi connectivity index (χ2n) is 7.68. The van der Waals surface area contributed by atoms with Gasteiger partial charge in [-0.05, 0) is 35.8 Å². The molecule has 2 N–H and O–H groups in total. The monoisotopic (exact) mass is 425 g/mol. The van der Waals surface area contributed by atoms with Crippen molar-refractivity contribution in [2.24, 2.45) is 0 Å². The highest BCUT2D eigenvalue weighted by Crippen LogP contribution is 2.23. The molecule has 5 heteroatoms.